The van der Waals surface area contributed by atoms with Crippen LogP contribution >= 0.6 is 0 Å². The van der Waals surface area contributed by atoms with Crippen LogP contribution in [0.3, 0.4) is 0 Å². The van der Waals surface area contributed by atoms with Crippen LogP contribution in [0.1, 0.15) is 37.7 Å². The van der Waals surface area contributed by atoms with Crippen LogP contribution in [-0.2, 0) is 12.4 Å². The highest BCUT2D eigenvalue weighted by Crippen LogP contribution is 2.37. The van der Waals surface area contributed by atoms with Gasteiger partial charge in [-0.25, -0.2) is 18.2 Å². The van der Waals surface area contributed by atoms with Crippen molar-refractivity contribution >= 4 is 23.2 Å². The molecule has 3 aromatic carbocycles. The standard InChI is InChI=1S/C28H13F9N4O2/c29-19-4-1-3-17(18(19)12-38)13-7-20(30)24(21(31)8-13)41-26(43)23-6-2-5-22(40-23)25(42)39-16-10-14(27(32,33)34)9-15(11-16)28(35,36)37/h1-11H,(H,39,42)(H,41,43). The van der Waals surface area contributed by atoms with Crippen molar-refractivity contribution < 1.29 is 49.1 Å². The van der Waals surface area contributed by atoms with Gasteiger partial charge >= 0.3 is 12.4 Å². The highest BCUT2D eigenvalue weighted by Gasteiger charge is 2.37. The van der Waals surface area contributed by atoms with Gasteiger partial charge < -0.3 is 10.6 Å². The highest BCUT2D eigenvalue weighted by molar-refractivity contribution is 6.06. The van der Waals surface area contributed by atoms with Gasteiger partial charge in [0.25, 0.3) is 11.8 Å². The molecule has 0 atom stereocenters. The first-order valence-corrected chi connectivity index (χ1v) is 11.7. The van der Waals surface area contributed by atoms with Crippen molar-refractivity contribution in [2.75, 3.05) is 10.6 Å². The Morgan fingerprint density at radius 3 is 1.72 bits per heavy atom. The number of amides is 2. The molecule has 15 heteroatoms. The van der Waals surface area contributed by atoms with E-state index in [0.717, 1.165) is 36.4 Å². The zero-order chi connectivity index (χ0) is 31.7. The third-order valence-corrected chi connectivity index (χ3v) is 5.78. The molecule has 4 rings (SSSR count). The Hall–Kier alpha value is -5.39. The summed E-state index contributed by atoms with van der Waals surface area (Å²) in [6.45, 7) is 0. The van der Waals surface area contributed by atoms with Crippen molar-refractivity contribution in [3.8, 4) is 17.2 Å². The number of alkyl halides is 6. The summed E-state index contributed by atoms with van der Waals surface area (Å²) in [5.41, 5.74) is -7.26. The lowest BCUT2D eigenvalue weighted by molar-refractivity contribution is -0.143. The maximum atomic E-state index is 14.8. The Morgan fingerprint density at radius 1 is 0.698 bits per heavy atom. The minimum Gasteiger partial charge on any atom is -0.321 e. The molecule has 0 radical (unpaired) electrons. The van der Waals surface area contributed by atoms with Crippen LogP contribution in [0.4, 0.5) is 50.9 Å². The van der Waals surface area contributed by atoms with Crippen molar-refractivity contribution in [3.63, 3.8) is 0 Å². The number of carbonyl (C=O) groups is 2. The van der Waals surface area contributed by atoms with Crippen LogP contribution < -0.4 is 10.6 Å². The van der Waals surface area contributed by atoms with Gasteiger partial charge in [0.15, 0.2) is 0 Å². The number of rotatable bonds is 5. The average Bonchev–Trinajstić information content (AvgIpc) is 2.93. The predicted molar refractivity (Wildman–Crippen MR) is 133 cm³/mol. The van der Waals surface area contributed by atoms with Gasteiger partial charge in [-0.05, 0) is 54.1 Å². The van der Waals surface area contributed by atoms with Crippen molar-refractivity contribution in [2.24, 2.45) is 0 Å². The third-order valence-electron chi connectivity index (χ3n) is 5.78. The maximum Gasteiger partial charge on any atom is 0.416 e. The summed E-state index contributed by atoms with van der Waals surface area (Å²) >= 11 is 0. The summed E-state index contributed by atoms with van der Waals surface area (Å²) < 4.78 is 122. The van der Waals surface area contributed by atoms with E-state index in [4.69, 9.17) is 0 Å². The van der Waals surface area contributed by atoms with E-state index in [9.17, 15) is 54.4 Å². The summed E-state index contributed by atoms with van der Waals surface area (Å²) in [7, 11) is 0. The number of aromatic nitrogens is 1. The topological polar surface area (TPSA) is 94.9 Å². The number of hydrogen-bond acceptors (Lipinski definition) is 4. The molecule has 1 aromatic heterocycles. The normalized spacial score (nSPS) is 11.5. The summed E-state index contributed by atoms with van der Waals surface area (Å²) in [6.07, 6.45) is -10.3. The molecule has 0 aliphatic rings. The van der Waals surface area contributed by atoms with Gasteiger partial charge in [-0.2, -0.15) is 31.6 Å². The van der Waals surface area contributed by atoms with Gasteiger partial charge in [0, 0.05) is 11.3 Å². The van der Waals surface area contributed by atoms with Crippen LogP contribution in [0.5, 0.6) is 0 Å². The summed E-state index contributed by atoms with van der Waals surface area (Å²) in [5.74, 6) is -6.12. The fraction of sp³-hybridized carbons (Fsp3) is 0.0714. The minimum absolute atomic E-state index is 0.123. The monoisotopic (exact) mass is 608 g/mol. The van der Waals surface area contributed by atoms with Crippen molar-refractivity contribution in [3.05, 3.63) is 112 Å². The Kier molecular flexibility index (Phi) is 8.16. The molecule has 0 aliphatic heterocycles. The van der Waals surface area contributed by atoms with Crippen molar-refractivity contribution in [1.82, 2.24) is 4.98 Å². The third kappa shape index (κ3) is 6.75. The zero-order valence-electron chi connectivity index (χ0n) is 21.0. The Labute approximate surface area is 235 Å². The van der Waals surface area contributed by atoms with Gasteiger partial charge in [0.1, 0.15) is 40.6 Å². The summed E-state index contributed by atoms with van der Waals surface area (Å²) in [6, 6.07) is 9.95. The van der Waals surface area contributed by atoms with Crippen LogP contribution in [-0.4, -0.2) is 16.8 Å². The van der Waals surface area contributed by atoms with E-state index in [1.807, 2.05) is 10.6 Å². The fourth-order valence-corrected chi connectivity index (χ4v) is 3.81. The molecule has 4 aromatic rings. The smallest absolute Gasteiger partial charge is 0.321 e. The number of hydrogen-bond donors (Lipinski definition) is 2. The minimum atomic E-state index is -5.17. The van der Waals surface area contributed by atoms with Crippen LogP contribution in [0, 0.1) is 28.8 Å². The van der Waals surface area contributed by atoms with Gasteiger partial charge in [0.2, 0.25) is 0 Å². The molecule has 220 valence electrons. The van der Waals surface area contributed by atoms with E-state index in [0.29, 0.717) is 0 Å². The van der Waals surface area contributed by atoms with E-state index in [2.05, 4.69) is 4.98 Å². The Morgan fingerprint density at radius 2 is 1.21 bits per heavy atom. The molecule has 2 amide bonds. The first-order valence-electron chi connectivity index (χ1n) is 11.7. The number of pyridine rings is 1. The second kappa shape index (κ2) is 11.5. The number of nitrogens with one attached hydrogen (secondary N) is 2. The molecule has 0 aliphatic carbocycles. The first-order chi connectivity index (χ1) is 20.1. The molecule has 0 fully saturated rings. The number of nitrogens with zero attached hydrogens (tertiary/aromatic N) is 2. The van der Waals surface area contributed by atoms with E-state index in [-0.39, 0.29) is 29.3 Å². The molecule has 0 saturated carbocycles. The maximum absolute atomic E-state index is 14.8. The van der Waals surface area contributed by atoms with Crippen molar-refractivity contribution in [2.45, 2.75) is 12.4 Å². The molecule has 0 saturated heterocycles. The number of benzene rings is 3. The summed E-state index contributed by atoms with van der Waals surface area (Å²) in [5, 5.41) is 12.9. The fourth-order valence-electron chi connectivity index (χ4n) is 3.81. The predicted octanol–water partition coefficient (Wildman–Crippen LogP) is 7.58. The number of carbonyl (C=O) groups excluding carboxylic acids is 2. The molecule has 6 nitrogen and oxygen atoms in total. The van der Waals surface area contributed by atoms with Crippen molar-refractivity contribution in [1.29, 1.82) is 5.26 Å². The molecule has 1 heterocycles. The molecule has 0 spiro atoms. The van der Waals surface area contributed by atoms with Crippen LogP contribution in [0.2, 0.25) is 0 Å². The zero-order valence-corrected chi connectivity index (χ0v) is 21.0. The Bertz CT molecular complexity index is 1740. The van der Waals surface area contributed by atoms with Gasteiger partial charge in [-0.15, -0.1) is 0 Å². The SMILES string of the molecule is N#Cc1c(F)cccc1-c1cc(F)c(NC(=O)c2cccc(C(=O)Nc3cc(C(F)(F)F)cc(C(F)(F)F)c3)n2)c(F)c1. The molecule has 43 heavy (non-hydrogen) atoms. The highest BCUT2D eigenvalue weighted by atomic mass is 19.4. The van der Waals surface area contributed by atoms with Gasteiger partial charge in [-0.1, -0.05) is 18.2 Å². The van der Waals surface area contributed by atoms with E-state index in [1.165, 1.54) is 12.1 Å². The lowest BCUT2D eigenvalue weighted by Gasteiger charge is -2.15. The second-order valence-electron chi connectivity index (χ2n) is 8.70. The van der Waals surface area contributed by atoms with Gasteiger partial charge in [0.05, 0.1) is 16.7 Å². The molecular weight excluding hydrogens is 595 g/mol. The molecule has 0 bridgehead atoms. The summed E-state index contributed by atoms with van der Waals surface area (Å²) in [4.78, 5) is 28.9. The molecule has 0 unspecified atom stereocenters. The molecular formula is C28H13F9N4O2. The van der Waals surface area contributed by atoms with Crippen LogP contribution in [0.15, 0.2) is 66.7 Å². The van der Waals surface area contributed by atoms with E-state index in [1.54, 1.807) is 6.07 Å². The van der Waals surface area contributed by atoms with E-state index >= 15 is 0 Å². The largest absolute Gasteiger partial charge is 0.416 e. The lowest BCUT2D eigenvalue weighted by Crippen LogP contribution is -2.20. The number of anilines is 2. The average molecular weight is 608 g/mol. The first kappa shape index (κ1) is 30.6. The second-order valence-corrected chi connectivity index (χ2v) is 8.70. The van der Waals surface area contributed by atoms with Crippen LogP contribution in [0.25, 0.3) is 11.1 Å². The number of halogens is 9. The Balaban J connectivity index is 1.58. The number of nitriles is 1. The lowest BCUT2D eigenvalue weighted by atomic mass is 9.99. The molecule has 2 N–H and O–H groups in total. The quantitative estimate of drug-likeness (QED) is 0.229. The van der Waals surface area contributed by atoms with E-state index < -0.39 is 81.1 Å². The van der Waals surface area contributed by atoms with Gasteiger partial charge in [-0.3, -0.25) is 9.59 Å².